The molecule has 2 unspecified atom stereocenters. The quantitative estimate of drug-likeness (QED) is 0.390. The number of hydrogen-bond donors (Lipinski definition) is 2. The van der Waals surface area contributed by atoms with Gasteiger partial charge in [-0.05, 0) is 43.2 Å². The van der Waals surface area contributed by atoms with Gasteiger partial charge in [-0.3, -0.25) is 4.79 Å². The number of esters is 1. The second-order valence-electron chi connectivity index (χ2n) is 8.43. The second kappa shape index (κ2) is 12.2. The predicted molar refractivity (Wildman–Crippen MR) is 122 cm³/mol. The average molecular weight is 440 g/mol. The maximum absolute atomic E-state index is 12.9. The van der Waals surface area contributed by atoms with Gasteiger partial charge in [-0.2, -0.15) is 0 Å². The van der Waals surface area contributed by atoms with Crippen molar-refractivity contribution in [3.8, 4) is 0 Å². The molecule has 0 heterocycles. The number of carbonyl (C=O) groups is 2. The lowest BCUT2D eigenvalue weighted by Gasteiger charge is -2.30. The number of rotatable bonds is 11. The van der Waals surface area contributed by atoms with Gasteiger partial charge in [0, 0.05) is 6.54 Å². The van der Waals surface area contributed by atoms with Crippen LogP contribution in [0.3, 0.4) is 0 Å². The van der Waals surface area contributed by atoms with Gasteiger partial charge in [-0.15, -0.1) is 0 Å². The van der Waals surface area contributed by atoms with Crippen LogP contribution in [0.2, 0.25) is 0 Å². The molecule has 2 atom stereocenters. The fourth-order valence-electron chi connectivity index (χ4n) is 4.26. The molecule has 1 amide bonds. The third-order valence-corrected chi connectivity index (χ3v) is 6.14. The number of carbonyl (C=O) groups excluding carboxylic acids is 2. The van der Waals surface area contributed by atoms with Crippen molar-refractivity contribution in [3.63, 3.8) is 0 Å². The molecule has 3 rings (SSSR count). The summed E-state index contributed by atoms with van der Waals surface area (Å²) in [4.78, 5) is 24.7. The first-order valence-corrected chi connectivity index (χ1v) is 11.4. The summed E-state index contributed by atoms with van der Waals surface area (Å²) in [5.74, 6) is -0.297. The lowest BCUT2D eigenvalue weighted by molar-refractivity contribution is -0.163. The number of aliphatic hydroxyl groups excluding tert-OH is 1. The summed E-state index contributed by atoms with van der Waals surface area (Å²) >= 11 is 0. The van der Waals surface area contributed by atoms with Crippen LogP contribution < -0.4 is 5.32 Å². The van der Waals surface area contributed by atoms with Crippen molar-refractivity contribution in [2.45, 2.75) is 64.3 Å². The lowest BCUT2D eigenvalue weighted by atomic mass is 9.79. The Morgan fingerprint density at radius 2 is 1.53 bits per heavy atom. The molecule has 0 aromatic heterocycles. The number of benzene rings is 2. The first-order chi connectivity index (χ1) is 15.6. The van der Waals surface area contributed by atoms with Crippen molar-refractivity contribution in [3.05, 3.63) is 71.8 Å². The van der Waals surface area contributed by atoms with Gasteiger partial charge in [0.2, 0.25) is 0 Å². The first kappa shape index (κ1) is 23.8. The highest BCUT2D eigenvalue weighted by atomic mass is 16.5. The largest absolute Gasteiger partial charge is 0.460 e. The van der Waals surface area contributed by atoms with Gasteiger partial charge in [-0.25, -0.2) is 4.79 Å². The molecular formula is C26H33NO5. The monoisotopic (exact) mass is 439 g/mol. The van der Waals surface area contributed by atoms with Gasteiger partial charge in [0.25, 0.3) is 0 Å². The van der Waals surface area contributed by atoms with Gasteiger partial charge in [0.1, 0.15) is 13.2 Å². The van der Waals surface area contributed by atoms with Crippen LogP contribution in [0.5, 0.6) is 0 Å². The van der Waals surface area contributed by atoms with E-state index in [1.807, 2.05) is 60.7 Å². The summed E-state index contributed by atoms with van der Waals surface area (Å²) in [5, 5.41) is 13.3. The Hall–Kier alpha value is -2.86. The second-order valence-corrected chi connectivity index (χ2v) is 8.43. The molecule has 2 aromatic rings. The maximum Gasteiger partial charge on any atom is 0.407 e. The van der Waals surface area contributed by atoms with Crippen LogP contribution in [0.4, 0.5) is 4.79 Å². The van der Waals surface area contributed by atoms with Crippen LogP contribution in [0.25, 0.3) is 0 Å². The number of unbranched alkanes of at least 4 members (excludes halogenated alkanes) is 2. The van der Waals surface area contributed by atoms with E-state index in [0.29, 0.717) is 25.8 Å². The average Bonchev–Trinajstić information content (AvgIpc) is 3.21. The highest BCUT2D eigenvalue weighted by molar-refractivity contribution is 5.78. The smallest absolute Gasteiger partial charge is 0.407 e. The maximum atomic E-state index is 12.9. The van der Waals surface area contributed by atoms with Crippen molar-refractivity contribution in [2.75, 3.05) is 6.54 Å². The summed E-state index contributed by atoms with van der Waals surface area (Å²) in [7, 11) is 0. The van der Waals surface area contributed by atoms with Crippen molar-refractivity contribution >= 4 is 12.1 Å². The minimum atomic E-state index is -0.809. The molecule has 32 heavy (non-hydrogen) atoms. The van der Waals surface area contributed by atoms with Crippen molar-refractivity contribution in [2.24, 2.45) is 5.41 Å². The van der Waals surface area contributed by atoms with E-state index in [1.165, 1.54) is 0 Å². The molecule has 0 saturated heterocycles. The van der Waals surface area contributed by atoms with Crippen LogP contribution in [-0.2, 0) is 27.5 Å². The standard InChI is InChI=1S/C26H33NO5/c28-23-15-10-17-26(23,24(29)31-19-21-11-4-1-5-12-21)16-8-3-9-18-27-25(30)32-20-22-13-6-2-7-14-22/h1-2,4-7,11-14,23,28H,3,8-10,15-20H2,(H,27,30). The summed E-state index contributed by atoms with van der Waals surface area (Å²) in [5.41, 5.74) is 1.08. The number of nitrogens with one attached hydrogen (secondary N) is 1. The summed E-state index contributed by atoms with van der Waals surface area (Å²) in [6, 6.07) is 19.1. The van der Waals surface area contributed by atoms with Crippen LogP contribution in [0.1, 0.15) is 56.1 Å². The van der Waals surface area contributed by atoms with Gasteiger partial charge >= 0.3 is 12.1 Å². The van der Waals surface area contributed by atoms with Crippen LogP contribution in [0.15, 0.2) is 60.7 Å². The van der Waals surface area contributed by atoms with Gasteiger partial charge in [0.05, 0.1) is 11.5 Å². The molecule has 1 saturated carbocycles. The Kier molecular flexibility index (Phi) is 9.11. The molecule has 2 N–H and O–H groups in total. The fraction of sp³-hybridized carbons (Fsp3) is 0.462. The van der Waals surface area contributed by atoms with E-state index in [-0.39, 0.29) is 19.2 Å². The zero-order chi connectivity index (χ0) is 22.7. The van der Waals surface area contributed by atoms with E-state index in [4.69, 9.17) is 9.47 Å². The fourth-order valence-corrected chi connectivity index (χ4v) is 4.26. The van der Waals surface area contributed by atoms with Gasteiger partial charge in [-0.1, -0.05) is 73.5 Å². The zero-order valence-corrected chi connectivity index (χ0v) is 18.5. The van der Waals surface area contributed by atoms with Gasteiger partial charge < -0.3 is 19.9 Å². The Morgan fingerprint density at radius 3 is 2.12 bits per heavy atom. The highest BCUT2D eigenvalue weighted by Crippen LogP contribution is 2.44. The van der Waals surface area contributed by atoms with Crippen LogP contribution in [-0.4, -0.2) is 29.8 Å². The first-order valence-electron chi connectivity index (χ1n) is 11.4. The van der Waals surface area contributed by atoms with E-state index >= 15 is 0 Å². The molecular weight excluding hydrogens is 406 g/mol. The van der Waals surface area contributed by atoms with E-state index in [1.54, 1.807) is 0 Å². The minimum absolute atomic E-state index is 0.225. The molecule has 2 aromatic carbocycles. The third-order valence-electron chi connectivity index (χ3n) is 6.14. The molecule has 0 spiro atoms. The third kappa shape index (κ3) is 6.82. The number of aliphatic hydroxyl groups is 1. The summed E-state index contributed by atoms with van der Waals surface area (Å²) in [6.45, 7) is 0.989. The molecule has 1 aliphatic carbocycles. The van der Waals surface area contributed by atoms with E-state index in [9.17, 15) is 14.7 Å². The van der Waals surface area contributed by atoms with Crippen molar-refractivity contribution < 1.29 is 24.2 Å². The molecule has 0 radical (unpaired) electrons. The Bertz CT molecular complexity index is 842. The lowest BCUT2D eigenvalue weighted by Crippen LogP contribution is -2.39. The Morgan fingerprint density at radius 1 is 0.906 bits per heavy atom. The molecule has 0 aliphatic heterocycles. The normalized spacial score (nSPS) is 20.0. The molecule has 6 nitrogen and oxygen atoms in total. The van der Waals surface area contributed by atoms with E-state index < -0.39 is 17.6 Å². The highest BCUT2D eigenvalue weighted by Gasteiger charge is 2.49. The minimum Gasteiger partial charge on any atom is -0.460 e. The van der Waals surface area contributed by atoms with Crippen molar-refractivity contribution in [1.29, 1.82) is 0 Å². The van der Waals surface area contributed by atoms with Crippen molar-refractivity contribution in [1.82, 2.24) is 5.32 Å². The van der Waals surface area contributed by atoms with Gasteiger partial charge in [0.15, 0.2) is 0 Å². The van der Waals surface area contributed by atoms with Crippen LogP contribution in [0, 0.1) is 5.41 Å². The number of alkyl carbamates (subject to hydrolysis) is 1. The Labute approximate surface area is 189 Å². The molecule has 6 heteroatoms. The predicted octanol–water partition coefficient (Wildman–Crippen LogP) is 4.75. The summed E-state index contributed by atoms with van der Waals surface area (Å²) in [6.07, 6.45) is 4.05. The topological polar surface area (TPSA) is 84.9 Å². The summed E-state index contributed by atoms with van der Waals surface area (Å²) < 4.78 is 10.8. The molecule has 1 aliphatic rings. The number of ether oxygens (including phenoxy) is 2. The molecule has 172 valence electrons. The molecule has 1 fully saturated rings. The molecule has 0 bridgehead atoms. The van der Waals surface area contributed by atoms with E-state index in [2.05, 4.69) is 5.32 Å². The number of amides is 1. The SMILES string of the molecule is O=C(NCCCCCC1(C(=O)OCc2ccccc2)CCCC1O)OCc1ccccc1. The van der Waals surface area contributed by atoms with Crippen LogP contribution >= 0.6 is 0 Å². The Balaban J connectivity index is 1.35. The van der Waals surface area contributed by atoms with E-state index in [0.717, 1.165) is 36.8 Å². The number of hydrogen-bond acceptors (Lipinski definition) is 5. The zero-order valence-electron chi connectivity index (χ0n) is 18.5.